The fraction of sp³-hybridized carbons (Fsp3) is 0.923. The smallest absolute Gasteiger partial charge is 0.237 e. The lowest BCUT2D eigenvalue weighted by atomic mass is 10.1. The van der Waals surface area contributed by atoms with Crippen molar-refractivity contribution in [2.24, 2.45) is 11.8 Å². The molecule has 0 saturated carbocycles. The summed E-state index contributed by atoms with van der Waals surface area (Å²) < 4.78 is 22.6. The average molecular weight is 323 g/mol. The summed E-state index contributed by atoms with van der Waals surface area (Å²) >= 11 is 0. The Labute approximate surface area is 125 Å². The summed E-state index contributed by atoms with van der Waals surface area (Å²) in [7, 11) is 1.72. The highest BCUT2D eigenvalue weighted by molar-refractivity contribution is 8.14. The van der Waals surface area contributed by atoms with Crippen molar-refractivity contribution in [1.29, 1.82) is 0 Å². The van der Waals surface area contributed by atoms with E-state index in [1.807, 2.05) is 0 Å². The van der Waals surface area contributed by atoms with Gasteiger partial charge < -0.3 is 9.80 Å². The molecule has 0 aromatic carbocycles. The Kier molecular flexibility index (Phi) is 4.97. The van der Waals surface area contributed by atoms with Crippen molar-refractivity contribution in [3.05, 3.63) is 0 Å². The van der Waals surface area contributed by atoms with Crippen molar-refractivity contribution in [3.8, 4) is 0 Å². The second-order valence-corrected chi connectivity index (χ2v) is 9.32. The predicted octanol–water partition coefficient (Wildman–Crippen LogP) is 1.13. The number of halogens is 1. The Bertz CT molecular complexity index is 466. The molecule has 2 unspecified atom stereocenters. The molecule has 2 atom stereocenters. The molecule has 0 aliphatic carbocycles. The monoisotopic (exact) mass is 322 g/mol. The molecular formula is C13H23ClN2O3S. The van der Waals surface area contributed by atoms with E-state index in [1.54, 1.807) is 4.90 Å². The van der Waals surface area contributed by atoms with Gasteiger partial charge in [0.25, 0.3) is 0 Å². The van der Waals surface area contributed by atoms with E-state index in [-0.39, 0.29) is 18.9 Å². The Morgan fingerprint density at radius 1 is 1.35 bits per heavy atom. The lowest BCUT2D eigenvalue weighted by Crippen LogP contribution is -2.34. The van der Waals surface area contributed by atoms with Crippen LogP contribution in [-0.4, -0.2) is 62.1 Å². The summed E-state index contributed by atoms with van der Waals surface area (Å²) in [5, 5.41) is -0.732. The van der Waals surface area contributed by atoms with Gasteiger partial charge >= 0.3 is 0 Å². The van der Waals surface area contributed by atoms with Gasteiger partial charge in [-0.05, 0) is 24.8 Å². The van der Waals surface area contributed by atoms with Crippen molar-refractivity contribution in [3.63, 3.8) is 0 Å². The topological polar surface area (TPSA) is 57.7 Å². The number of carbonyl (C=O) groups excluding carboxylic acids is 1. The highest BCUT2D eigenvalue weighted by Crippen LogP contribution is 2.25. The molecule has 0 aromatic heterocycles. The van der Waals surface area contributed by atoms with Crippen LogP contribution in [0.25, 0.3) is 0 Å². The first-order chi connectivity index (χ1) is 9.25. The third-order valence-corrected chi connectivity index (χ3v) is 5.92. The van der Waals surface area contributed by atoms with Gasteiger partial charge in [0, 0.05) is 43.3 Å². The molecule has 7 heteroatoms. The van der Waals surface area contributed by atoms with Gasteiger partial charge in [-0.1, -0.05) is 13.8 Å². The Balaban J connectivity index is 1.84. The Morgan fingerprint density at radius 2 is 2.05 bits per heavy atom. The molecule has 0 N–H and O–H groups in total. The zero-order valence-corrected chi connectivity index (χ0v) is 13.7. The zero-order valence-electron chi connectivity index (χ0n) is 12.1. The first-order valence-corrected chi connectivity index (χ1v) is 9.56. The van der Waals surface area contributed by atoms with Crippen molar-refractivity contribution in [2.45, 2.75) is 31.9 Å². The van der Waals surface area contributed by atoms with Crippen molar-refractivity contribution < 1.29 is 13.2 Å². The molecule has 1 amide bonds. The minimum absolute atomic E-state index is 0.0360. The first kappa shape index (κ1) is 16.0. The molecule has 5 nitrogen and oxygen atoms in total. The van der Waals surface area contributed by atoms with Crippen molar-refractivity contribution >= 4 is 25.6 Å². The molecule has 0 spiro atoms. The van der Waals surface area contributed by atoms with Crippen LogP contribution in [0.5, 0.6) is 0 Å². The number of hydrogen-bond acceptors (Lipinski definition) is 4. The fourth-order valence-electron chi connectivity index (χ4n) is 3.16. The van der Waals surface area contributed by atoms with Crippen molar-refractivity contribution in [1.82, 2.24) is 9.80 Å². The number of carbonyl (C=O) groups is 1. The van der Waals surface area contributed by atoms with Crippen LogP contribution in [0.2, 0.25) is 0 Å². The van der Waals surface area contributed by atoms with E-state index < -0.39 is 14.3 Å². The number of rotatable bonds is 5. The van der Waals surface area contributed by atoms with Gasteiger partial charge in [-0.25, -0.2) is 8.42 Å². The maximum Gasteiger partial charge on any atom is 0.237 e. The van der Waals surface area contributed by atoms with Crippen molar-refractivity contribution in [2.75, 3.05) is 32.7 Å². The molecule has 2 saturated heterocycles. The van der Waals surface area contributed by atoms with Gasteiger partial charge in [0.2, 0.25) is 15.0 Å². The first-order valence-electron chi connectivity index (χ1n) is 7.19. The summed E-state index contributed by atoms with van der Waals surface area (Å²) in [6, 6.07) is 0. The van der Waals surface area contributed by atoms with E-state index in [1.165, 1.54) is 0 Å². The maximum absolute atomic E-state index is 11.9. The molecule has 2 aliphatic rings. The Morgan fingerprint density at radius 3 is 2.60 bits per heavy atom. The van der Waals surface area contributed by atoms with Gasteiger partial charge in [-0.15, -0.1) is 0 Å². The summed E-state index contributed by atoms with van der Waals surface area (Å²) in [5.41, 5.74) is 0. The number of nitrogens with zero attached hydrogens (tertiary/aromatic N) is 2. The predicted molar refractivity (Wildman–Crippen MR) is 79.1 cm³/mol. The summed E-state index contributed by atoms with van der Waals surface area (Å²) in [4.78, 5) is 16.0. The third-order valence-electron chi connectivity index (χ3n) is 4.05. The molecule has 20 heavy (non-hydrogen) atoms. The summed E-state index contributed by atoms with van der Waals surface area (Å²) in [5.74, 6) is 1.02. The lowest BCUT2D eigenvalue weighted by Gasteiger charge is -2.22. The minimum Gasteiger partial charge on any atom is -0.341 e. The molecule has 0 radical (unpaired) electrons. The van der Waals surface area contributed by atoms with Gasteiger partial charge in [0.15, 0.2) is 0 Å². The molecule has 2 aliphatic heterocycles. The normalized spacial score (nSPS) is 28.8. The number of likely N-dealkylation sites (tertiary alicyclic amines) is 2. The van der Waals surface area contributed by atoms with Crippen LogP contribution in [0.4, 0.5) is 0 Å². The van der Waals surface area contributed by atoms with Crippen LogP contribution in [0.1, 0.15) is 26.7 Å². The maximum atomic E-state index is 11.9. The van der Waals surface area contributed by atoms with Gasteiger partial charge in [-0.2, -0.15) is 0 Å². The van der Waals surface area contributed by atoms with Crippen LogP contribution in [0, 0.1) is 11.8 Å². The standard InChI is InChI=1S/C13H23ClN2O3S/c1-10(2)6-15-4-3-11(7-15)8-16-9-12(5-13(16)17)20(14,18)19/h10-12H,3-9H2,1-2H3. The average Bonchev–Trinajstić information content (AvgIpc) is 2.86. The molecule has 2 rings (SSSR count). The lowest BCUT2D eigenvalue weighted by molar-refractivity contribution is -0.128. The number of amides is 1. The molecular weight excluding hydrogens is 300 g/mol. The summed E-state index contributed by atoms with van der Waals surface area (Å²) in [6.07, 6.45) is 1.11. The van der Waals surface area contributed by atoms with Gasteiger partial charge in [0.05, 0.1) is 0 Å². The Hall–Kier alpha value is -0.330. The fourth-order valence-corrected chi connectivity index (χ4v) is 4.21. The van der Waals surface area contributed by atoms with E-state index in [0.717, 1.165) is 26.1 Å². The third kappa shape index (κ3) is 4.09. The van der Waals surface area contributed by atoms with Crippen LogP contribution in [0.15, 0.2) is 0 Å². The minimum atomic E-state index is -3.63. The molecule has 2 heterocycles. The van der Waals surface area contributed by atoms with Crippen LogP contribution >= 0.6 is 10.7 Å². The molecule has 0 aromatic rings. The SMILES string of the molecule is CC(C)CN1CCC(CN2CC(S(=O)(=O)Cl)CC2=O)C1. The van der Waals surface area contributed by atoms with Crippen LogP contribution in [-0.2, 0) is 13.8 Å². The molecule has 0 bridgehead atoms. The highest BCUT2D eigenvalue weighted by atomic mass is 35.7. The van der Waals surface area contributed by atoms with Crippen LogP contribution < -0.4 is 0 Å². The second-order valence-electron chi connectivity index (χ2n) is 6.41. The largest absolute Gasteiger partial charge is 0.341 e. The highest BCUT2D eigenvalue weighted by Gasteiger charge is 2.38. The van der Waals surface area contributed by atoms with E-state index >= 15 is 0 Å². The van der Waals surface area contributed by atoms with Gasteiger partial charge in [-0.3, -0.25) is 4.79 Å². The summed E-state index contributed by atoms with van der Waals surface area (Å²) in [6.45, 7) is 8.48. The van der Waals surface area contributed by atoms with E-state index in [0.29, 0.717) is 18.4 Å². The van der Waals surface area contributed by atoms with E-state index in [4.69, 9.17) is 10.7 Å². The number of hydrogen-bond donors (Lipinski definition) is 0. The van der Waals surface area contributed by atoms with Gasteiger partial charge in [0.1, 0.15) is 5.25 Å². The quantitative estimate of drug-likeness (QED) is 0.712. The molecule has 116 valence electrons. The molecule has 2 fully saturated rings. The van der Waals surface area contributed by atoms with E-state index in [9.17, 15) is 13.2 Å². The van der Waals surface area contributed by atoms with E-state index in [2.05, 4.69) is 18.7 Å². The van der Waals surface area contributed by atoms with Crippen LogP contribution in [0.3, 0.4) is 0 Å². The second kappa shape index (κ2) is 6.20. The zero-order chi connectivity index (χ0) is 14.9.